The lowest BCUT2D eigenvalue weighted by Crippen LogP contribution is -2.26. The number of aromatic nitrogens is 1. The Labute approximate surface area is 160 Å². The third-order valence-electron chi connectivity index (χ3n) is 4.82. The number of nitrogens with one attached hydrogen (secondary N) is 1. The van der Waals surface area contributed by atoms with Gasteiger partial charge in [0.1, 0.15) is 12.0 Å². The molecule has 0 unspecified atom stereocenters. The molecule has 1 amide bonds. The molecule has 3 aromatic rings. The van der Waals surface area contributed by atoms with Gasteiger partial charge in [-0.05, 0) is 43.9 Å². The van der Waals surface area contributed by atoms with Gasteiger partial charge in [-0.2, -0.15) is 0 Å². The predicted molar refractivity (Wildman–Crippen MR) is 107 cm³/mol. The van der Waals surface area contributed by atoms with Gasteiger partial charge in [-0.25, -0.2) is 0 Å². The first-order valence-corrected chi connectivity index (χ1v) is 9.45. The molecule has 0 aliphatic carbocycles. The summed E-state index contributed by atoms with van der Waals surface area (Å²) in [5.74, 6) is 0.0264. The van der Waals surface area contributed by atoms with Crippen LogP contribution in [0.15, 0.2) is 59.3 Å². The first-order valence-electron chi connectivity index (χ1n) is 9.45. The lowest BCUT2D eigenvalue weighted by Gasteiger charge is -2.14. The molecule has 0 radical (unpaired) electrons. The average Bonchev–Trinajstić information content (AvgIpc) is 3.15. The molecule has 1 atom stereocenters. The highest BCUT2D eigenvalue weighted by Gasteiger charge is 2.14. The quantitative estimate of drug-likeness (QED) is 0.642. The van der Waals surface area contributed by atoms with Crippen molar-refractivity contribution in [1.82, 2.24) is 10.5 Å². The summed E-state index contributed by atoms with van der Waals surface area (Å²) < 4.78 is 5.16. The largest absolute Gasteiger partial charge is 0.364 e. The van der Waals surface area contributed by atoms with E-state index in [1.165, 1.54) is 11.1 Å². The number of hydrogen-bond acceptors (Lipinski definition) is 3. The van der Waals surface area contributed by atoms with Gasteiger partial charge in [-0.3, -0.25) is 4.79 Å². The van der Waals surface area contributed by atoms with Crippen LogP contribution in [-0.4, -0.2) is 11.1 Å². The third kappa shape index (κ3) is 4.85. The normalized spacial score (nSPS) is 12.0. The molecule has 1 heterocycles. The van der Waals surface area contributed by atoms with Crippen LogP contribution in [0.5, 0.6) is 0 Å². The predicted octanol–water partition coefficient (Wildman–Crippen LogP) is 5.02. The number of carbonyl (C=O) groups is 1. The van der Waals surface area contributed by atoms with Crippen molar-refractivity contribution >= 4 is 5.91 Å². The van der Waals surface area contributed by atoms with Crippen LogP contribution in [0.25, 0.3) is 11.3 Å². The molecule has 3 rings (SSSR count). The Kier molecular flexibility index (Phi) is 6.07. The van der Waals surface area contributed by atoms with E-state index in [-0.39, 0.29) is 11.9 Å². The van der Waals surface area contributed by atoms with Gasteiger partial charge >= 0.3 is 0 Å². The number of benzene rings is 2. The van der Waals surface area contributed by atoms with Gasteiger partial charge < -0.3 is 9.84 Å². The lowest BCUT2D eigenvalue weighted by molar-refractivity contribution is -0.121. The van der Waals surface area contributed by atoms with Crippen LogP contribution in [0.1, 0.15) is 48.6 Å². The molecule has 1 N–H and O–H groups in total. The van der Waals surface area contributed by atoms with Crippen molar-refractivity contribution in [2.45, 2.75) is 46.1 Å². The minimum absolute atomic E-state index is 0.0119. The summed E-state index contributed by atoms with van der Waals surface area (Å²) in [6, 6.07) is 16.5. The second-order valence-electron chi connectivity index (χ2n) is 6.94. The van der Waals surface area contributed by atoms with Crippen LogP contribution < -0.4 is 5.32 Å². The molecule has 4 heteroatoms. The van der Waals surface area contributed by atoms with Crippen molar-refractivity contribution in [1.29, 1.82) is 0 Å². The summed E-state index contributed by atoms with van der Waals surface area (Å²) in [6.45, 7) is 6.19. The van der Waals surface area contributed by atoms with Gasteiger partial charge in [0, 0.05) is 17.5 Å². The van der Waals surface area contributed by atoms with E-state index in [1.807, 2.05) is 32.0 Å². The Balaban J connectivity index is 1.59. The van der Waals surface area contributed by atoms with E-state index < -0.39 is 0 Å². The lowest BCUT2D eigenvalue weighted by atomic mass is 10.0. The third-order valence-corrected chi connectivity index (χ3v) is 4.82. The molecule has 2 aromatic carbocycles. The van der Waals surface area contributed by atoms with Gasteiger partial charge in [0.05, 0.1) is 6.04 Å². The monoisotopic (exact) mass is 362 g/mol. The summed E-state index contributed by atoms with van der Waals surface area (Å²) in [7, 11) is 0. The Hall–Kier alpha value is -2.88. The maximum atomic E-state index is 12.4. The number of rotatable bonds is 7. The maximum Gasteiger partial charge on any atom is 0.220 e. The molecule has 0 spiro atoms. The van der Waals surface area contributed by atoms with Crippen LogP contribution in [0.3, 0.4) is 0 Å². The molecule has 0 aliphatic heterocycles. The average molecular weight is 362 g/mol. The van der Waals surface area contributed by atoms with Gasteiger partial charge in [0.25, 0.3) is 0 Å². The van der Waals surface area contributed by atoms with Gasteiger partial charge in [-0.1, -0.05) is 60.1 Å². The van der Waals surface area contributed by atoms with E-state index in [0.29, 0.717) is 12.8 Å². The molecule has 1 aromatic heterocycles. The zero-order valence-corrected chi connectivity index (χ0v) is 16.2. The van der Waals surface area contributed by atoms with E-state index in [2.05, 4.69) is 47.7 Å². The van der Waals surface area contributed by atoms with Crippen molar-refractivity contribution in [3.63, 3.8) is 0 Å². The molecular weight excluding hydrogens is 336 g/mol. The van der Waals surface area contributed by atoms with Crippen LogP contribution in [0, 0.1) is 6.92 Å². The molecule has 140 valence electrons. The number of hydrogen-bond donors (Lipinski definition) is 1. The fourth-order valence-electron chi connectivity index (χ4n) is 3.15. The molecule has 0 fully saturated rings. The van der Waals surface area contributed by atoms with Crippen molar-refractivity contribution < 1.29 is 9.32 Å². The second kappa shape index (κ2) is 8.67. The number of nitrogens with zero attached hydrogens (tertiary/aromatic N) is 1. The van der Waals surface area contributed by atoms with Gasteiger partial charge in [-0.15, -0.1) is 0 Å². The first kappa shape index (κ1) is 18.9. The van der Waals surface area contributed by atoms with Gasteiger partial charge in [0.15, 0.2) is 0 Å². The van der Waals surface area contributed by atoms with Crippen LogP contribution in [0.4, 0.5) is 0 Å². The molecule has 4 nitrogen and oxygen atoms in total. The van der Waals surface area contributed by atoms with Crippen molar-refractivity contribution in [3.05, 3.63) is 77.0 Å². The van der Waals surface area contributed by atoms with E-state index in [0.717, 1.165) is 28.8 Å². The van der Waals surface area contributed by atoms with Gasteiger partial charge in [0.2, 0.25) is 5.91 Å². The summed E-state index contributed by atoms with van der Waals surface area (Å²) in [5.41, 5.74) is 6.37. The fraction of sp³-hybridized carbons (Fsp3) is 0.304. The number of amides is 1. The van der Waals surface area contributed by atoms with Crippen LogP contribution in [-0.2, 0) is 17.6 Å². The Morgan fingerprint density at radius 2 is 1.96 bits per heavy atom. The fourth-order valence-corrected chi connectivity index (χ4v) is 3.15. The standard InChI is InChI=1S/C23H26N2O2/c1-4-18-8-10-19(11-9-18)17(3)24-22(26)13-12-21-15-27-25-23(21)20-7-5-6-16(2)14-20/h5-11,14-15,17H,4,12-13H2,1-3H3,(H,24,26)/t17-/m0/s1. The van der Waals surface area contributed by atoms with Crippen LogP contribution >= 0.6 is 0 Å². The number of aryl methyl sites for hydroxylation is 3. The smallest absolute Gasteiger partial charge is 0.220 e. The molecule has 0 bridgehead atoms. The van der Waals surface area contributed by atoms with E-state index in [1.54, 1.807) is 6.26 Å². The Bertz CT molecular complexity index is 897. The Morgan fingerprint density at radius 3 is 2.67 bits per heavy atom. The molecule has 0 aliphatic rings. The van der Waals surface area contributed by atoms with Crippen LogP contribution in [0.2, 0.25) is 0 Å². The van der Waals surface area contributed by atoms with Crippen molar-refractivity contribution in [3.8, 4) is 11.3 Å². The zero-order valence-electron chi connectivity index (χ0n) is 16.2. The minimum atomic E-state index is -0.0119. The van der Waals surface area contributed by atoms with Crippen molar-refractivity contribution in [2.75, 3.05) is 0 Å². The highest BCUT2D eigenvalue weighted by molar-refractivity contribution is 5.77. The summed E-state index contributed by atoms with van der Waals surface area (Å²) in [4.78, 5) is 12.4. The highest BCUT2D eigenvalue weighted by Crippen LogP contribution is 2.24. The number of carbonyl (C=O) groups excluding carboxylic acids is 1. The molecule has 0 saturated heterocycles. The zero-order chi connectivity index (χ0) is 19.2. The topological polar surface area (TPSA) is 55.1 Å². The Morgan fingerprint density at radius 1 is 1.19 bits per heavy atom. The SMILES string of the molecule is CCc1ccc([C@H](C)NC(=O)CCc2conc2-c2cccc(C)c2)cc1. The highest BCUT2D eigenvalue weighted by atomic mass is 16.5. The summed E-state index contributed by atoms with van der Waals surface area (Å²) in [5, 5.41) is 7.20. The van der Waals surface area contributed by atoms with E-state index >= 15 is 0 Å². The molecule has 27 heavy (non-hydrogen) atoms. The summed E-state index contributed by atoms with van der Waals surface area (Å²) in [6.07, 6.45) is 3.65. The first-order chi connectivity index (χ1) is 13.1. The maximum absolute atomic E-state index is 12.4. The van der Waals surface area contributed by atoms with E-state index in [4.69, 9.17) is 4.52 Å². The minimum Gasteiger partial charge on any atom is -0.364 e. The molecule has 0 saturated carbocycles. The van der Waals surface area contributed by atoms with E-state index in [9.17, 15) is 4.79 Å². The second-order valence-corrected chi connectivity index (χ2v) is 6.94. The molecular formula is C23H26N2O2. The van der Waals surface area contributed by atoms with Crippen molar-refractivity contribution in [2.24, 2.45) is 0 Å². The summed E-state index contributed by atoms with van der Waals surface area (Å²) >= 11 is 0.